The molecule has 1 aliphatic carbocycles. The Morgan fingerprint density at radius 2 is 1.77 bits per heavy atom. The van der Waals surface area contributed by atoms with Gasteiger partial charge in [-0.05, 0) is 40.5 Å². The third-order valence-electron chi connectivity index (χ3n) is 5.30. The van der Waals surface area contributed by atoms with Crippen LogP contribution < -0.4 is 5.32 Å². The van der Waals surface area contributed by atoms with Crippen LogP contribution in [0.5, 0.6) is 0 Å². The molecule has 0 atom stereocenters. The lowest BCUT2D eigenvalue weighted by molar-refractivity contribution is 0.144. The van der Waals surface area contributed by atoms with Crippen molar-refractivity contribution in [3.8, 4) is 11.1 Å². The second-order valence-electron chi connectivity index (χ2n) is 7.09. The normalized spacial score (nSPS) is 12.8. The summed E-state index contributed by atoms with van der Waals surface area (Å²) >= 11 is 0. The highest BCUT2D eigenvalue weighted by Crippen LogP contribution is 2.44. The summed E-state index contributed by atoms with van der Waals surface area (Å²) in [6, 6.07) is 20.3. The summed E-state index contributed by atoms with van der Waals surface area (Å²) in [7, 11) is 0. The van der Waals surface area contributed by atoms with Gasteiger partial charge in [-0.25, -0.2) is 14.3 Å². The van der Waals surface area contributed by atoms with E-state index in [1.807, 2.05) is 48.6 Å². The molecule has 0 bridgehead atoms. The Hall–Kier alpha value is -3.93. The Kier molecular flexibility index (Phi) is 4.73. The van der Waals surface area contributed by atoms with Gasteiger partial charge in [0.25, 0.3) is 0 Å². The molecule has 0 saturated carbocycles. The predicted octanol–water partition coefficient (Wildman–Crippen LogP) is 4.28. The minimum absolute atomic E-state index is 0.0583. The number of rotatable bonds is 5. The lowest BCUT2D eigenvalue weighted by atomic mass is 9.98. The number of fused-ring (bicyclic) bond motifs is 4. The van der Waals surface area contributed by atoms with Gasteiger partial charge < -0.3 is 10.1 Å². The van der Waals surface area contributed by atoms with Crippen LogP contribution >= 0.6 is 0 Å². The van der Waals surface area contributed by atoms with Crippen molar-refractivity contribution in [2.45, 2.75) is 5.92 Å². The van der Waals surface area contributed by atoms with Gasteiger partial charge in [-0.3, -0.25) is 0 Å². The van der Waals surface area contributed by atoms with Crippen molar-refractivity contribution in [2.24, 2.45) is 0 Å². The van der Waals surface area contributed by atoms with Gasteiger partial charge >= 0.3 is 6.09 Å². The maximum Gasteiger partial charge on any atom is 0.407 e. The van der Waals surface area contributed by atoms with Gasteiger partial charge in [0.05, 0.1) is 11.9 Å². The number of imidazole rings is 1. The van der Waals surface area contributed by atoms with Gasteiger partial charge in [0, 0.05) is 18.7 Å². The highest BCUT2D eigenvalue weighted by Gasteiger charge is 2.28. The number of ether oxygens (including phenoxy) is 1. The van der Waals surface area contributed by atoms with Crippen LogP contribution in [0.4, 0.5) is 4.79 Å². The SMILES string of the molecule is O=C(NCC=Cc1cnc2cccnn12)OCC1c2ccccc2-c2ccccc21. The number of hydrogen-bond acceptors (Lipinski definition) is 4. The lowest BCUT2D eigenvalue weighted by Crippen LogP contribution is -2.26. The number of alkyl carbamates (subject to hydrolysis) is 1. The number of hydrogen-bond donors (Lipinski definition) is 1. The maximum absolute atomic E-state index is 12.2. The van der Waals surface area contributed by atoms with E-state index in [-0.39, 0.29) is 5.92 Å². The van der Waals surface area contributed by atoms with Crippen LogP contribution in [-0.4, -0.2) is 33.8 Å². The predicted molar refractivity (Wildman–Crippen MR) is 115 cm³/mol. The van der Waals surface area contributed by atoms with Crippen molar-refractivity contribution in [3.05, 3.63) is 96.0 Å². The van der Waals surface area contributed by atoms with E-state index < -0.39 is 6.09 Å². The van der Waals surface area contributed by atoms with Crippen LogP contribution in [-0.2, 0) is 4.74 Å². The third-order valence-corrected chi connectivity index (χ3v) is 5.30. The van der Waals surface area contributed by atoms with E-state index in [0.717, 1.165) is 11.3 Å². The van der Waals surface area contributed by atoms with Crippen LogP contribution in [0, 0.1) is 0 Å². The average Bonchev–Trinajstić information content (AvgIpc) is 3.34. The molecule has 0 spiro atoms. The van der Waals surface area contributed by atoms with Crippen molar-refractivity contribution < 1.29 is 9.53 Å². The number of amides is 1. The number of carbonyl (C=O) groups excluding carboxylic acids is 1. The second kappa shape index (κ2) is 7.83. The monoisotopic (exact) mass is 396 g/mol. The zero-order chi connectivity index (χ0) is 20.3. The molecule has 5 rings (SSSR count). The Morgan fingerprint density at radius 3 is 2.53 bits per heavy atom. The second-order valence-corrected chi connectivity index (χ2v) is 7.09. The molecule has 148 valence electrons. The van der Waals surface area contributed by atoms with Crippen molar-refractivity contribution in [3.63, 3.8) is 0 Å². The van der Waals surface area contributed by atoms with E-state index in [4.69, 9.17) is 4.74 Å². The summed E-state index contributed by atoms with van der Waals surface area (Å²) in [6.45, 7) is 0.664. The molecule has 0 saturated heterocycles. The summed E-state index contributed by atoms with van der Waals surface area (Å²) < 4.78 is 7.27. The van der Waals surface area contributed by atoms with E-state index in [9.17, 15) is 4.79 Å². The number of benzene rings is 2. The summed E-state index contributed by atoms with van der Waals surface area (Å²) in [6.07, 6.45) is 6.74. The molecule has 1 aliphatic rings. The van der Waals surface area contributed by atoms with Crippen LogP contribution in [0.25, 0.3) is 22.9 Å². The van der Waals surface area contributed by atoms with Crippen LogP contribution in [0.15, 0.2) is 79.1 Å². The molecule has 1 amide bonds. The molecule has 30 heavy (non-hydrogen) atoms. The highest BCUT2D eigenvalue weighted by atomic mass is 16.5. The first kappa shape index (κ1) is 18.1. The van der Waals surface area contributed by atoms with Crippen LogP contribution in [0.1, 0.15) is 22.7 Å². The van der Waals surface area contributed by atoms with Gasteiger partial charge in [0.2, 0.25) is 0 Å². The van der Waals surface area contributed by atoms with Crippen molar-refractivity contribution >= 4 is 17.8 Å². The summed E-state index contributed by atoms with van der Waals surface area (Å²) in [5, 5.41) is 7.02. The molecule has 4 aromatic rings. The third kappa shape index (κ3) is 3.33. The molecule has 0 aliphatic heterocycles. The quantitative estimate of drug-likeness (QED) is 0.547. The molecule has 1 N–H and O–H groups in total. The number of aromatic nitrogens is 3. The van der Waals surface area contributed by atoms with Crippen molar-refractivity contribution in [1.82, 2.24) is 19.9 Å². The van der Waals surface area contributed by atoms with E-state index >= 15 is 0 Å². The number of carbonyl (C=O) groups is 1. The molecule has 2 aromatic carbocycles. The zero-order valence-electron chi connectivity index (χ0n) is 16.2. The fourth-order valence-electron chi connectivity index (χ4n) is 3.93. The van der Waals surface area contributed by atoms with Gasteiger partial charge in [-0.1, -0.05) is 54.6 Å². The van der Waals surface area contributed by atoms with Crippen LogP contribution in [0.3, 0.4) is 0 Å². The molecule has 0 unspecified atom stereocenters. The molecular weight excluding hydrogens is 376 g/mol. The fraction of sp³-hybridized carbons (Fsp3) is 0.125. The Labute approximate surface area is 173 Å². The minimum atomic E-state index is -0.433. The highest BCUT2D eigenvalue weighted by molar-refractivity contribution is 5.79. The van der Waals surface area contributed by atoms with E-state index in [1.54, 1.807) is 16.9 Å². The summed E-state index contributed by atoms with van der Waals surface area (Å²) in [5.74, 6) is 0.0583. The Morgan fingerprint density at radius 1 is 1.03 bits per heavy atom. The van der Waals surface area contributed by atoms with Gasteiger partial charge in [0.15, 0.2) is 5.65 Å². The molecule has 0 radical (unpaired) electrons. The minimum Gasteiger partial charge on any atom is -0.449 e. The number of nitrogens with one attached hydrogen (secondary N) is 1. The maximum atomic E-state index is 12.2. The fourth-order valence-corrected chi connectivity index (χ4v) is 3.93. The van der Waals surface area contributed by atoms with Gasteiger partial charge in [-0.2, -0.15) is 5.10 Å². The molecule has 2 heterocycles. The largest absolute Gasteiger partial charge is 0.449 e. The average molecular weight is 396 g/mol. The number of nitrogens with zero attached hydrogens (tertiary/aromatic N) is 3. The van der Waals surface area contributed by atoms with Crippen molar-refractivity contribution in [2.75, 3.05) is 13.2 Å². The molecule has 0 fully saturated rings. The summed E-state index contributed by atoms with van der Waals surface area (Å²) in [5.41, 5.74) is 6.46. The van der Waals surface area contributed by atoms with Gasteiger partial charge in [-0.15, -0.1) is 0 Å². The first-order valence-corrected chi connectivity index (χ1v) is 9.85. The lowest BCUT2D eigenvalue weighted by Gasteiger charge is -2.14. The van der Waals surface area contributed by atoms with Crippen LogP contribution in [0.2, 0.25) is 0 Å². The Balaban J connectivity index is 1.19. The first-order valence-electron chi connectivity index (χ1n) is 9.85. The first-order chi connectivity index (χ1) is 14.8. The molecule has 6 nitrogen and oxygen atoms in total. The van der Waals surface area contributed by atoms with E-state index in [1.165, 1.54) is 22.3 Å². The molecule has 6 heteroatoms. The van der Waals surface area contributed by atoms with Crippen molar-refractivity contribution in [1.29, 1.82) is 0 Å². The summed E-state index contributed by atoms with van der Waals surface area (Å²) in [4.78, 5) is 16.5. The molecule has 2 aromatic heterocycles. The molecular formula is C24H20N4O2. The standard InChI is InChI=1S/C24H20N4O2/c29-24(25-13-5-7-17-15-26-23-12-6-14-27-28(17)23)30-16-22-20-10-3-1-8-18(20)19-9-2-4-11-21(19)22/h1-12,14-15,22H,13,16H2,(H,25,29). The zero-order valence-corrected chi connectivity index (χ0v) is 16.2. The van der Waals surface area contributed by atoms with E-state index in [2.05, 4.69) is 39.7 Å². The smallest absolute Gasteiger partial charge is 0.407 e. The van der Waals surface area contributed by atoms with E-state index in [0.29, 0.717) is 13.2 Å². The topological polar surface area (TPSA) is 68.5 Å². The van der Waals surface area contributed by atoms with Gasteiger partial charge in [0.1, 0.15) is 6.61 Å². The Bertz CT molecular complexity index is 1200.